The number of carbonyl (C=O) groups excluding carboxylic acids is 1. The van der Waals surface area contributed by atoms with Crippen LogP contribution in [0.5, 0.6) is 0 Å². The maximum absolute atomic E-state index is 12.2. The minimum Gasteiger partial charge on any atom is -0.323 e. The monoisotopic (exact) mass is 352 g/mol. The van der Waals surface area contributed by atoms with Gasteiger partial charge in [0.25, 0.3) is 0 Å². The molecule has 2 aromatic rings. The van der Waals surface area contributed by atoms with Crippen molar-refractivity contribution >= 4 is 39.1 Å². The van der Waals surface area contributed by atoms with Crippen LogP contribution in [0.15, 0.2) is 46.9 Å². The number of rotatable bonds is 3. The van der Waals surface area contributed by atoms with Gasteiger partial charge in [-0.1, -0.05) is 41.4 Å². The highest BCUT2D eigenvalue weighted by Crippen LogP contribution is 2.26. The van der Waals surface area contributed by atoms with Crippen LogP contribution in [-0.4, -0.2) is 5.91 Å². The zero-order valence-corrected chi connectivity index (χ0v) is 13.2. The molecule has 0 spiro atoms. The number of aryl methyl sites for hydroxylation is 1. The normalized spacial score (nSPS) is 12.0. The second-order valence-corrected chi connectivity index (χ2v) is 5.79. The molecule has 0 saturated carbocycles. The third-order valence-electron chi connectivity index (χ3n) is 2.91. The lowest BCUT2D eigenvalue weighted by Crippen LogP contribution is -2.27. The number of carbonyl (C=O) groups is 1. The molecule has 0 fully saturated rings. The number of hydrogen-bond donors (Lipinski definition) is 2. The van der Waals surface area contributed by atoms with Crippen molar-refractivity contribution in [3.63, 3.8) is 0 Å². The molecule has 1 unspecified atom stereocenters. The van der Waals surface area contributed by atoms with Crippen LogP contribution < -0.4 is 11.1 Å². The van der Waals surface area contributed by atoms with Gasteiger partial charge in [-0.3, -0.25) is 4.79 Å². The summed E-state index contributed by atoms with van der Waals surface area (Å²) < 4.78 is 0.756. The van der Waals surface area contributed by atoms with Crippen LogP contribution in [0.3, 0.4) is 0 Å². The highest BCUT2D eigenvalue weighted by molar-refractivity contribution is 9.10. The van der Waals surface area contributed by atoms with Gasteiger partial charge in [-0.2, -0.15) is 0 Å². The minimum atomic E-state index is -0.721. The van der Waals surface area contributed by atoms with E-state index < -0.39 is 6.04 Å². The average molecular weight is 354 g/mol. The second kappa shape index (κ2) is 6.39. The molecule has 1 amide bonds. The molecule has 3 N–H and O–H groups in total. The van der Waals surface area contributed by atoms with E-state index in [0.717, 1.165) is 15.6 Å². The molecule has 2 rings (SSSR count). The smallest absolute Gasteiger partial charge is 0.245 e. The SMILES string of the molecule is Cc1ccc(C(N)C(=O)Nc2cc(Cl)ccc2Br)cc1. The van der Waals surface area contributed by atoms with Crippen molar-refractivity contribution in [2.24, 2.45) is 5.73 Å². The maximum Gasteiger partial charge on any atom is 0.245 e. The molecule has 0 aliphatic carbocycles. The Morgan fingerprint density at radius 2 is 1.90 bits per heavy atom. The van der Waals surface area contributed by atoms with E-state index in [4.69, 9.17) is 17.3 Å². The van der Waals surface area contributed by atoms with Gasteiger partial charge in [0.15, 0.2) is 0 Å². The van der Waals surface area contributed by atoms with Gasteiger partial charge in [0, 0.05) is 9.50 Å². The van der Waals surface area contributed by atoms with Crippen LogP contribution in [0.25, 0.3) is 0 Å². The summed E-state index contributed by atoms with van der Waals surface area (Å²) in [5, 5.41) is 3.32. The van der Waals surface area contributed by atoms with E-state index in [1.807, 2.05) is 31.2 Å². The highest BCUT2D eigenvalue weighted by atomic mass is 79.9. The van der Waals surface area contributed by atoms with Crippen molar-refractivity contribution in [2.45, 2.75) is 13.0 Å². The van der Waals surface area contributed by atoms with Crippen LogP contribution in [0.1, 0.15) is 17.2 Å². The zero-order valence-electron chi connectivity index (χ0n) is 10.9. The van der Waals surface area contributed by atoms with Gasteiger partial charge >= 0.3 is 0 Å². The Labute approximate surface area is 131 Å². The Bertz CT molecular complexity index is 628. The first-order valence-electron chi connectivity index (χ1n) is 6.05. The van der Waals surface area contributed by atoms with Crippen LogP contribution in [-0.2, 0) is 4.79 Å². The summed E-state index contributed by atoms with van der Waals surface area (Å²) in [6, 6.07) is 12.0. The molecule has 0 bridgehead atoms. The van der Waals surface area contributed by atoms with E-state index in [0.29, 0.717) is 10.7 Å². The third kappa shape index (κ3) is 3.60. The van der Waals surface area contributed by atoms with Crippen molar-refractivity contribution in [1.29, 1.82) is 0 Å². The van der Waals surface area contributed by atoms with Gasteiger partial charge in [0.05, 0.1) is 5.69 Å². The van der Waals surface area contributed by atoms with E-state index in [9.17, 15) is 4.79 Å². The zero-order chi connectivity index (χ0) is 14.7. The first-order valence-corrected chi connectivity index (χ1v) is 7.22. The van der Waals surface area contributed by atoms with Crippen molar-refractivity contribution < 1.29 is 4.79 Å². The fourth-order valence-electron chi connectivity index (χ4n) is 1.73. The lowest BCUT2D eigenvalue weighted by atomic mass is 10.1. The summed E-state index contributed by atoms with van der Waals surface area (Å²) in [6.07, 6.45) is 0. The third-order valence-corrected chi connectivity index (χ3v) is 3.83. The van der Waals surface area contributed by atoms with Crippen LogP contribution in [0.2, 0.25) is 5.02 Å². The number of amides is 1. The predicted molar refractivity (Wildman–Crippen MR) is 85.9 cm³/mol. The summed E-state index contributed by atoms with van der Waals surface area (Å²) in [4.78, 5) is 12.2. The molecule has 1 atom stereocenters. The summed E-state index contributed by atoms with van der Waals surface area (Å²) >= 11 is 9.27. The molecule has 3 nitrogen and oxygen atoms in total. The fraction of sp³-hybridized carbons (Fsp3) is 0.133. The van der Waals surface area contributed by atoms with Crippen LogP contribution in [0, 0.1) is 6.92 Å². The first-order chi connectivity index (χ1) is 9.47. The van der Waals surface area contributed by atoms with Crippen molar-refractivity contribution in [3.05, 3.63) is 63.1 Å². The molecule has 0 heterocycles. The minimum absolute atomic E-state index is 0.281. The molecule has 0 aliphatic heterocycles. The van der Waals surface area contributed by atoms with Crippen LogP contribution in [0.4, 0.5) is 5.69 Å². The quantitative estimate of drug-likeness (QED) is 0.874. The number of nitrogens with one attached hydrogen (secondary N) is 1. The number of nitrogens with two attached hydrogens (primary N) is 1. The Morgan fingerprint density at radius 3 is 2.55 bits per heavy atom. The Morgan fingerprint density at radius 1 is 1.25 bits per heavy atom. The number of anilines is 1. The maximum atomic E-state index is 12.2. The standard InChI is InChI=1S/C15H14BrClN2O/c1-9-2-4-10(5-3-9)14(18)15(20)19-13-8-11(17)6-7-12(13)16/h2-8,14H,18H2,1H3,(H,19,20). The Hall–Kier alpha value is -1.36. The lowest BCUT2D eigenvalue weighted by Gasteiger charge is -2.14. The van der Waals surface area contributed by atoms with E-state index in [-0.39, 0.29) is 5.91 Å². The summed E-state index contributed by atoms with van der Waals surface area (Å²) in [5.41, 5.74) is 8.46. The molecular weight excluding hydrogens is 340 g/mol. The largest absolute Gasteiger partial charge is 0.323 e. The van der Waals surface area contributed by atoms with E-state index >= 15 is 0 Å². The van der Waals surface area contributed by atoms with Gasteiger partial charge in [0.1, 0.15) is 6.04 Å². The summed E-state index contributed by atoms with van der Waals surface area (Å²) in [6.45, 7) is 1.98. The topological polar surface area (TPSA) is 55.1 Å². The lowest BCUT2D eigenvalue weighted by molar-refractivity contribution is -0.117. The molecule has 20 heavy (non-hydrogen) atoms. The molecule has 0 radical (unpaired) electrons. The number of benzene rings is 2. The molecule has 0 aliphatic rings. The first kappa shape index (κ1) is 15.0. The van der Waals surface area contributed by atoms with Gasteiger partial charge in [-0.05, 0) is 46.6 Å². The highest BCUT2D eigenvalue weighted by Gasteiger charge is 2.16. The molecule has 2 aromatic carbocycles. The van der Waals surface area contributed by atoms with E-state index in [1.165, 1.54) is 0 Å². The molecule has 5 heteroatoms. The predicted octanol–water partition coefficient (Wildman–Crippen LogP) is 4.05. The number of hydrogen-bond acceptors (Lipinski definition) is 2. The van der Waals surface area contributed by atoms with Gasteiger partial charge in [-0.15, -0.1) is 0 Å². The van der Waals surface area contributed by atoms with Crippen molar-refractivity contribution in [3.8, 4) is 0 Å². The average Bonchev–Trinajstić information content (AvgIpc) is 2.43. The molecule has 0 aromatic heterocycles. The second-order valence-electron chi connectivity index (χ2n) is 4.50. The number of halogens is 2. The van der Waals surface area contributed by atoms with Crippen molar-refractivity contribution in [2.75, 3.05) is 5.32 Å². The van der Waals surface area contributed by atoms with Crippen molar-refractivity contribution in [1.82, 2.24) is 0 Å². The Kier molecular flexibility index (Phi) is 4.81. The molecule has 104 valence electrons. The summed E-state index contributed by atoms with van der Waals surface area (Å²) in [5.74, 6) is -0.281. The van der Waals surface area contributed by atoms with Gasteiger partial charge in [0.2, 0.25) is 5.91 Å². The van der Waals surface area contributed by atoms with Gasteiger partial charge in [-0.25, -0.2) is 0 Å². The fourth-order valence-corrected chi connectivity index (χ4v) is 2.25. The van der Waals surface area contributed by atoms with Gasteiger partial charge < -0.3 is 11.1 Å². The van der Waals surface area contributed by atoms with E-state index in [2.05, 4.69) is 21.2 Å². The van der Waals surface area contributed by atoms with Crippen LogP contribution >= 0.6 is 27.5 Å². The Balaban J connectivity index is 2.15. The van der Waals surface area contributed by atoms with E-state index in [1.54, 1.807) is 18.2 Å². The summed E-state index contributed by atoms with van der Waals surface area (Å²) in [7, 11) is 0. The molecular formula is C15H14BrClN2O. The molecule has 0 saturated heterocycles.